The van der Waals surface area contributed by atoms with Crippen molar-refractivity contribution in [2.75, 3.05) is 0 Å². The highest BCUT2D eigenvalue weighted by Gasteiger charge is 2.10. The van der Waals surface area contributed by atoms with Crippen LogP contribution in [-0.4, -0.2) is 6.04 Å². The molecule has 0 aliphatic carbocycles. The Morgan fingerprint density at radius 2 is 2.18 bits per heavy atom. The topological polar surface area (TPSA) is 38.0 Å². The molecular formula is C13H20ClFN2. The van der Waals surface area contributed by atoms with Gasteiger partial charge in [0.05, 0.1) is 0 Å². The fraction of sp³-hybridized carbons (Fsp3) is 0.538. The van der Waals surface area contributed by atoms with Crippen LogP contribution in [0.3, 0.4) is 0 Å². The van der Waals surface area contributed by atoms with Crippen molar-refractivity contribution in [1.82, 2.24) is 5.43 Å². The Labute approximate surface area is 107 Å². The molecule has 0 radical (unpaired) electrons. The normalized spacial score (nSPS) is 12.7. The molecule has 0 amide bonds. The van der Waals surface area contributed by atoms with Crippen molar-refractivity contribution in [3.05, 3.63) is 34.6 Å². The predicted octanol–water partition coefficient (Wildman–Crippen LogP) is 3.43. The monoisotopic (exact) mass is 258 g/mol. The highest BCUT2D eigenvalue weighted by molar-refractivity contribution is 6.31. The third-order valence-corrected chi connectivity index (χ3v) is 3.23. The minimum absolute atomic E-state index is 0.199. The number of hydrogen-bond acceptors (Lipinski definition) is 2. The van der Waals surface area contributed by atoms with Crippen molar-refractivity contribution in [3.8, 4) is 0 Å². The molecule has 0 aliphatic rings. The summed E-state index contributed by atoms with van der Waals surface area (Å²) < 4.78 is 12.9. The number of halogens is 2. The first-order valence-electron chi connectivity index (χ1n) is 6.07. The van der Waals surface area contributed by atoms with Crippen LogP contribution in [0.15, 0.2) is 18.2 Å². The Morgan fingerprint density at radius 1 is 1.41 bits per heavy atom. The molecular weight excluding hydrogens is 239 g/mol. The second-order valence-corrected chi connectivity index (χ2v) is 4.71. The summed E-state index contributed by atoms with van der Waals surface area (Å²) in [5.41, 5.74) is 3.74. The zero-order valence-electron chi connectivity index (χ0n) is 10.2. The number of nitrogens with two attached hydrogens (primary N) is 1. The van der Waals surface area contributed by atoms with E-state index in [9.17, 15) is 4.39 Å². The van der Waals surface area contributed by atoms with E-state index in [0.29, 0.717) is 5.02 Å². The van der Waals surface area contributed by atoms with E-state index in [0.717, 1.165) is 24.8 Å². The van der Waals surface area contributed by atoms with Crippen LogP contribution in [-0.2, 0) is 6.42 Å². The van der Waals surface area contributed by atoms with Gasteiger partial charge in [0.1, 0.15) is 5.82 Å². The molecule has 0 fully saturated rings. The fourth-order valence-corrected chi connectivity index (χ4v) is 2.08. The van der Waals surface area contributed by atoms with Gasteiger partial charge in [-0.3, -0.25) is 11.3 Å². The largest absolute Gasteiger partial charge is 0.271 e. The Balaban J connectivity index is 2.54. The van der Waals surface area contributed by atoms with Crippen molar-refractivity contribution in [1.29, 1.82) is 0 Å². The van der Waals surface area contributed by atoms with Gasteiger partial charge >= 0.3 is 0 Å². The van der Waals surface area contributed by atoms with Gasteiger partial charge in [0.15, 0.2) is 0 Å². The third-order valence-electron chi connectivity index (χ3n) is 2.87. The van der Waals surface area contributed by atoms with Gasteiger partial charge in [0.25, 0.3) is 0 Å². The van der Waals surface area contributed by atoms with E-state index in [1.807, 2.05) is 0 Å². The molecule has 0 saturated heterocycles. The average Bonchev–Trinajstić information content (AvgIpc) is 2.31. The van der Waals surface area contributed by atoms with Crippen LogP contribution in [0, 0.1) is 5.82 Å². The van der Waals surface area contributed by atoms with E-state index >= 15 is 0 Å². The Bertz CT molecular complexity index is 344. The molecule has 1 rings (SSSR count). The van der Waals surface area contributed by atoms with E-state index in [2.05, 4.69) is 12.3 Å². The summed E-state index contributed by atoms with van der Waals surface area (Å²) in [7, 11) is 0. The smallest absolute Gasteiger partial charge is 0.124 e. The zero-order valence-corrected chi connectivity index (χ0v) is 10.9. The summed E-state index contributed by atoms with van der Waals surface area (Å²) >= 11 is 5.98. The SMILES string of the molecule is CCCCCC(Cc1ccc(F)cc1Cl)NN. The maximum Gasteiger partial charge on any atom is 0.124 e. The average molecular weight is 259 g/mol. The lowest BCUT2D eigenvalue weighted by Crippen LogP contribution is -2.36. The second-order valence-electron chi connectivity index (χ2n) is 4.30. The molecule has 1 unspecified atom stereocenters. The summed E-state index contributed by atoms with van der Waals surface area (Å²) in [6, 6.07) is 4.70. The molecule has 0 aromatic heterocycles. The van der Waals surface area contributed by atoms with Crippen LogP contribution in [0.25, 0.3) is 0 Å². The minimum atomic E-state index is -0.304. The highest BCUT2D eigenvalue weighted by atomic mass is 35.5. The molecule has 1 aromatic carbocycles. The van der Waals surface area contributed by atoms with Gasteiger partial charge in [-0.05, 0) is 30.5 Å². The summed E-state index contributed by atoms with van der Waals surface area (Å²) in [4.78, 5) is 0. The predicted molar refractivity (Wildman–Crippen MR) is 70.4 cm³/mol. The first-order valence-corrected chi connectivity index (χ1v) is 6.45. The van der Waals surface area contributed by atoms with Crippen LogP contribution in [0.5, 0.6) is 0 Å². The zero-order chi connectivity index (χ0) is 12.7. The number of hydrazine groups is 1. The quantitative estimate of drug-likeness (QED) is 0.447. The van der Waals surface area contributed by atoms with E-state index in [-0.39, 0.29) is 11.9 Å². The Morgan fingerprint density at radius 3 is 2.76 bits per heavy atom. The van der Waals surface area contributed by atoms with Gasteiger partial charge in [0, 0.05) is 11.1 Å². The molecule has 96 valence electrons. The molecule has 3 N–H and O–H groups in total. The maximum absolute atomic E-state index is 12.9. The summed E-state index contributed by atoms with van der Waals surface area (Å²) in [6.45, 7) is 2.17. The molecule has 0 saturated carbocycles. The molecule has 0 spiro atoms. The van der Waals surface area contributed by atoms with Crippen molar-refractivity contribution in [3.63, 3.8) is 0 Å². The van der Waals surface area contributed by atoms with Crippen LogP contribution in [0.1, 0.15) is 38.2 Å². The molecule has 4 heteroatoms. The third kappa shape index (κ3) is 5.02. The lowest BCUT2D eigenvalue weighted by molar-refractivity contribution is 0.466. The lowest BCUT2D eigenvalue weighted by Gasteiger charge is -2.16. The molecule has 0 heterocycles. The molecule has 0 aliphatic heterocycles. The van der Waals surface area contributed by atoms with Crippen molar-refractivity contribution < 1.29 is 4.39 Å². The fourth-order valence-electron chi connectivity index (χ4n) is 1.84. The second kappa shape index (κ2) is 7.64. The Kier molecular flexibility index (Phi) is 6.48. The van der Waals surface area contributed by atoms with Gasteiger partial charge in [-0.15, -0.1) is 0 Å². The van der Waals surface area contributed by atoms with Gasteiger partial charge in [-0.1, -0.05) is 43.9 Å². The van der Waals surface area contributed by atoms with Crippen LogP contribution >= 0.6 is 11.6 Å². The van der Waals surface area contributed by atoms with E-state index in [1.54, 1.807) is 6.07 Å². The number of nitrogens with one attached hydrogen (secondary N) is 1. The number of unbranched alkanes of at least 4 members (excludes halogenated alkanes) is 2. The molecule has 17 heavy (non-hydrogen) atoms. The summed E-state index contributed by atoms with van der Waals surface area (Å²) in [5.74, 6) is 5.21. The standard InChI is InChI=1S/C13H20ClFN2/c1-2-3-4-5-12(17-16)8-10-6-7-11(15)9-13(10)14/h6-7,9,12,17H,2-5,8,16H2,1H3. The highest BCUT2D eigenvalue weighted by Crippen LogP contribution is 2.20. The van der Waals surface area contributed by atoms with Crippen molar-refractivity contribution in [2.24, 2.45) is 5.84 Å². The van der Waals surface area contributed by atoms with Crippen LogP contribution < -0.4 is 11.3 Å². The van der Waals surface area contributed by atoms with E-state index in [1.165, 1.54) is 25.0 Å². The van der Waals surface area contributed by atoms with E-state index < -0.39 is 0 Å². The Hall–Kier alpha value is -0.640. The molecule has 1 aromatic rings. The van der Waals surface area contributed by atoms with Crippen molar-refractivity contribution in [2.45, 2.75) is 45.1 Å². The number of rotatable bonds is 7. The summed E-state index contributed by atoms with van der Waals surface area (Å²) in [6.07, 6.45) is 5.28. The summed E-state index contributed by atoms with van der Waals surface area (Å²) in [5, 5.41) is 0.473. The van der Waals surface area contributed by atoms with Gasteiger partial charge in [0.2, 0.25) is 0 Å². The van der Waals surface area contributed by atoms with E-state index in [4.69, 9.17) is 17.4 Å². The van der Waals surface area contributed by atoms with Crippen LogP contribution in [0.4, 0.5) is 4.39 Å². The first kappa shape index (κ1) is 14.4. The lowest BCUT2D eigenvalue weighted by atomic mass is 10.0. The molecule has 0 bridgehead atoms. The van der Waals surface area contributed by atoms with Crippen molar-refractivity contribution >= 4 is 11.6 Å². The maximum atomic E-state index is 12.9. The first-order chi connectivity index (χ1) is 8.17. The van der Waals surface area contributed by atoms with Gasteiger partial charge in [-0.2, -0.15) is 0 Å². The molecule has 1 atom stereocenters. The number of benzene rings is 1. The number of hydrogen-bond donors (Lipinski definition) is 2. The molecule has 2 nitrogen and oxygen atoms in total. The van der Waals surface area contributed by atoms with Gasteiger partial charge < -0.3 is 0 Å². The minimum Gasteiger partial charge on any atom is -0.271 e. The van der Waals surface area contributed by atoms with Gasteiger partial charge in [-0.25, -0.2) is 4.39 Å². The van der Waals surface area contributed by atoms with Crippen LogP contribution in [0.2, 0.25) is 5.02 Å².